The summed E-state index contributed by atoms with van der Waals surface area (Å²) in [6.45, 7) is 6.22. The molecule has 0 radical (unpaired) electrons. The Morgan fingerprint density at radius 2 is 2.14 bits per heavy atom. The first kappa shape index (κ1) is 14.7. The molecule has 1 aromatic carbocycles. The second-order valence-electron chi connectivity index (χ2n) is 4.54. The molecule has 7 nitrogen and oxygen atoms in total. The zero-order valence-electron chi connectivity index (χ0n) is 12.1. The van der Waals surface area contributed by atoms with Gasteiger partial charge in [0.05, 0.1) is 4.92 Å². The standard InChI is InChI=1S/C14H16N4O3/c1-4-15-14-16-8-10(3)13(17-14)21-12-7-9(2)5-6-11(12)18(19)20/h5-8H,4H2,1-3H3,(H,15,16,17). The van der Waals surface area contributed by atoms with Crippen LogP contribution in [-0.2, 0) is 0 Å². The molecular weight excluding hydrogens is 272 g/mol. The van der Waals surface area contributed by atoms with E-state index in [1.165, 1.54) is 6.07 Å². The average Bonchev–Trinajstić information content (AvgIpc) is 2.42. The zero-order valence-corrected chi connectivity index (χ0v) is 12.1. The molecular formula is C14H16N4O3. The molecule has 0 saturated heterocycles. The minimum absolute atomic E-state index is 0.0939. The molecule has 110 valence electrons. The number of aromatic nitrogens is 2. The maximum absolute atomic E-state index is 11.1. The molecule has 1 N–H and O–H groups in total. The number of hydrogen-bond donors (Lipinski definition) is 1. The fourth-order valence-corrected chi connectivity index (χ4v) is 1.73. The van der Waals surface area contributed by atoms with Crippen molar-refractivity contribution in [2.45, 2.75) is 20.8 Å². The number of rotatable bonds is 5. The first-order valence-corrected chi connectivity index (χ1v) is 6.51. The van der Waals surface area contributed by atoms with E-state index in [1.54, 1.807) is 25.3 Å². The Balaban J connectivity index is 2.39. The maximum atomic E-state index is 11.1. The van der Waals surface area contributed by atoms with Gasteiger partial charge in [-0.15, -0.1) is 0 Å². The third-order valence-electron chi connectivity index (χ3n) is 2.78. The molecule has 1 heterocycles. The summed E-state index contributed by atoms with van der Waals surface area (Å²) in [7, 11) is 0. The number of hydrogen-bond acceptors (Lipinski definition) is 6. The highest BCUT2D eigenvalue weighted by Gasteiger charge is 2.17. The molecule has 0 saturated carbocycles. The minimum atomic E-state index is -0.476. The zero-order chi connectivity index (χ0) is 15.4. The van der Waals surface area contributed by atoms with E-state index >= 15 is 0 Å². The molecule has 2 rings (SSSR count). The third kappa shape index (κ3) is 3.44. The van der Waals surface area contributed by atoms with Gasteiger partial charge in [0.25, 0.3) is 0 Å². The average molecular weight is 288 g/mol. The van der Waals surface area contributed by atoms with E-state index < -0.39 is 4.92 Å². The predicted molar refractivity (Wildman–Crippen MR) is 78.8 cm³/mol. The fourth-order valence-electron chi connectivity index (χ4n) is 1.73. The van der Waals surface area contributed by atoms with Gasteiger partial charge in [-0.3, -0.25) is 10.1 Å². The maximum Gasteiger partial charge on any atom is 0.311 e. The second kappa shape index (κ2) is 6.17. The van der Waals surface area contributed by atoms with Crippen LogP contribution in [0.4, 0.5) is 11.6 Å². The quantitative estimate of drug-likeness (QED) is 0.671. The summed E-state index contributed by atoms with van der Waals surface area (Å²) in [6, 6.07) is 4.71. The molecule has 0 bridgehead atoms. The van der Waals surface area contributed by atoms with Gasteiger partial charge in [-0.1, -0.05) is 6.07 Å². The Labute approximate surface area is 122 Å². The van der Waals surface area contributed by atoms with E-state index in [4.69, 9.17) is 4.74 Å². The van der Waals surface area contributed by atoms with Crippen molar-refractivity contribution < 1.29 is 9.66 Å². The van der Waals surface area contributed by atoms with Crippen LogP contribution >= 0.6 is 0 Å². The van der Waals surface area contributed by atoms with Gasteiger partial charge < -0.3 is 10.1 Å². The molecule has 0 unspecified atom stereocenters. The molecule has 0 aliphatic rings. The smallest absolute Gasteiger partial charge is 0.311 e. The van der Waals surface area contributed by atoms with Crippen molar-refractivity contribution in [3.63, 3.8) is 0 Å². The normalized spacial score (nSPS) is 10.2. The van der Waals surface area contributed by atoms with E-state index in [-0.39, 0.29) is 11.4 Å². The molecule has 7 heteroatoms. The van der Waals surface area contributed by atoms with Crippen molar-refractivity contribution in [3.05, 3.63) is 45.6 Å². The minimum Gasteiger partial charge on any atom is -0.431 e. The molecule has 2 aromatic rings. The van der Waals surface area contributed by atoms with Crippen LogP contribution in [-0.4, -0.2) is 21.4 Å². The van der Waals surface area contributed by atoms with Crippen molar-refractivity contribution in [2.24, 2.45) is 0 Å². The van der Waals surface area contributed by atoms with Gasteiger partial charge in [-0.05, 0) is 32.4 Å². The molecule has 0 aliphatic heterocycles. The lowest BCUT2D eigenvalue weighted by Crippen LogP contribution is -2.04. The van der Waals surface area contributed by atoms with Crippen molar-refractivity contribution in [3.8, 4) is 11.6 Å². The Morgan fingerprint density at radius 1 is 1.38 bits per heavy atom. The number of nitrogens with one attached hydrogen (secondary N) is 1. The summed E-state index contributed by atoms with van der Waals surface area (Å²) < 4.78 is 5.64. The highest BCUT2D eigenvalue weighted by atomic mass is 16.6. The van der Waals surface area contributed by atoms with Crippen LogP contribution in [0.25, 0.3) is 0 Å². The monoisotopic (exact) mass is 288 g/mol. The highest BCUT2D eigenvalue weighted by molar-refractivity contribution is 5.50. The molecule has 21 heavy (non-hydrogen) atoms. The van der Waals surface area contributed by atoms with Crippen LogP contribution in [0.15, 0.2) is 24.4 Å². The third-order valence-corrected chi connectivity index (χ3v) is 2.78. The Kier molecular flexibility index (Phi) is 4.32. The van der Waals surface area contributed by atoms with Crippen molar-refractivity contribution in [1.82, 2.24) is 9.97 Å². The van der Waals surface area contributed by atoms with Crippen molar-refractivity contribution in [2.75, 3.05) is 11.9 Å². The number of aryl methyl sites for hydroxylation is 2. The first-order chi connectivity index (χ1) is 10.0. The number of nitrogens with zero attached hydrogens (tertiary/aromatic N) is 3. The van der Waals surface area contributed by atoms with E-state index in [2.05, 4.69) is 15.3 Å². The molecule has 0 aliphatic carbocycles. The number of ether oxygens (including phenoxy) is 1. The van der Waals surface area contributed by atoms with Gasteiger partial charge >= 0.3 is 5.69 Å². The number of nitro groups is 1. The van der Waals surface area contributed by atoms with Gasteiger partial charge in [0.1, 0.15) is 0 Å². The number of anilines is 1. The Morgan fingerprint density at radius 3 is 2.81 bits per heavy atom. The molecule has 0 spiro atoms. The van der Waals surface area contributed by atoms with E-state index in [0.29, 0.717) is 23.9 Å². The van der Waals surface area contributed by atoms with Crippen LogP contribution in [0.5, 0.6) is 11.6 Å². The van der Waals surface area contributed by atoms with Gasteiger partial charge in [0, 0.05) is 24.4 Å². The SMILES string of the molecule is CCNc1ncc(C)c(Oc2cc(C)ccc2[N+](=O)[O-])n1. The van der Waals surface area contributed by atoms with E-state index in [9.17, 15) is 10.1 Å². The Bertz CT molecular complexity index is 673. The van der Waals surface area contributed by atoms with Crippen molar-refractivity contribution in [1.29, 1.82) is 0 Å². The topological polar surface area (TPSA) is 90.2 Å². The molecule has 0 atom stereocenters. The fraction of sp³-hybridized carbons (Fsp3) is 0.286. The van der Waals surface area contributed by atoms with Crippen LogP contribution in [0.2, 0.25) is 0 Å². The van der Waals surface area contributed by atoms with Crippen LogP contribution in [0.3, 0.4) is 0 Å². The van der Waals surface area contributed by atoms with E-state index in [0.717, 1.165) is 5.56 Å². The second-order valence-corrected chi connectivity index (χ2v) is 4.54. The van der Waals surface area contributed by atoms with Crippen LogP contribution in [0.1, 0.15) is 18.1 Å². The van der Waals surface area contributed by atoms with Gasteiger partial charge in [-0.2, -0.15) is 4.98 Å². The summed E-state index contributed by atoms with van der Waals surface area (Å²) >= 11 is 0. The predicted octanol–water partition coefficient (Wildman–Crippen LogP) is 3.23. The van der Waals surface area contributed by atoms with E-state index in [1.807, 2.05) is 13.8 Å². The van der Waals surface area contributed by atoms with Gasteiger partial charge in [0.15, 0.2) is 0 Å². The van der Waals surface area contributed by atoms with Gasteiger partial charge in [0.2, 0.25) is 17.6 Å². The number of benzene rings is 1. The number of nitro benzene ring substituents is 1. The Hall–Kier alpha value is -2.70. The summed E-state index contributed by atoms with van der Waals surface area (Å²) in [5, 5.41) is 14.0. The summed E-state index contributed by atoms with van der Waals surface area (Å²) in [4.78, 5) is 18.9. The lowest BCUT2D eigenvalue weighted by atomic mass is 10.2. The first-order valence-electron chi connectivity index (χ1n) is 6.51. The molecule has 1 aromatic heterocycles. The highest BCUT2D eigenvalue weighted by Crippen LogP contribution is 2.32. The summed E-state index contributed by atoms with van der Waals surface area (Å²) in [5.41, 5.74) is 1.48. The van der Waals surface area contributed by atoms with Gasteiger partial charge in [-0.25, -0.2) is 4.98 Å². The molecule has 0 fully saturated rings. The summed E-state index contributed by atoms with van der Waals surface area (Å²) in [6.07, 6.45) is 1.61. The van der Waals surface area contributed by atoms with Crippen LogP contribution < -0.4 is 10.1 Å². The van der Waals surface area contributed by atoms with Crippen LogP contribution in [0, 0.1) is 24.0 Å². The largest absolute Gasteiger partial charge is 0.431 e. The summed E-state index contributed by atoms with van der Waals surface area (Å²) in [5.74, 6) is 0.896. The lowest BCUT2D eigenvalue weighted by Gasteiger charge is -2.10. The molecule has 0 amide bonds. The van der Waals surface area contributed by atoms with Crippen molar-refractivity contribution >= 4 is 11.6 Å². The lowest BCUT2D eigenvalue weighted by molar-refractivity contribution is -0.385.